The Balaban J connectivity index is 0.000000254. The Morgan fingerprint density at radius 3 is 1.76 bits per heavy atom. The lowest BCUT2D eigenvalue weighted by atomic mass is 10.0. The van der Waals surface area contributed by atoms with E-state index in [-0.39, 0.29) is 22.3 Å². The maximum absolute atomic E-state index is 11.4. The molecule has 0 aliphatic carbocycles. The molecule has 9 N–H and O–H groups in total. The number of unbranched alkanes of at least 4 members (excludes halogenated alkanes) is 2. The van der Waals surface area contributed by atoms with Crippen molar-refractivity contribution in [3.63, 3.8) is 0 Å². The first-order valence-corrected chi connectivity index (χ1v) is 16.0. The standard InChI is InChI=1S/C19H24N4O2.C13H12ClNO5S/c20-18(21)14-4-8-16(9-5-14)24-12-2-1-3-13-25-17-10-6-15(7-11-17)19(22)23;14-11-6-8(3-4-9-2-1-5-20-9)10(13(16)17)7-12(11)21(15,18)19/h4-11H,1-3,12-13H2,(H3,20,21)(H3,22,23);1-2,5-7H,3-4H2,(H,16,17)(H2,15,18,19). The van der Waals surface area contributed by atoms with E-state index < -0.39 is 20.9 Å². The van der Waals surface area contributed by atoms with Crippen LogP contribution in [0.25, 0.3) is 0 Å². The Kier molecular flexibility index (Phi) is 13.2. The first-order chi connectivity index (χ1) is 21.8. The first kappa shape index (κ1) is 35.6. The average molecular weight is 670 g/mol. The summed E-state index contributed by atoms with van der Waals surface area (Å²) in [6.45, 7) is 1.29. The van der Waals surface area contributed by atoms with Crippen LogP contribution in [0.3, 0.4) is 0 Å². The number of sulfonamides is 1. The number of amidine groups is 2. The third-order valence-electron chi connectivity index (χ3n) is 6.57. The van der Waals surface area contributed by atoms with Gasteiger partial charge in [-0.2, -0.15) is 0 Å². The van der Waals surface area contributed by atoms with Crippen molar-refractivity contribution in [2.24, 2.45) is 16.6 Å². The van der Waals surface area contributed by atoms with Gasteiger partial charge in [0.2, 0.25) is 10.0 Å². The van der Waals surface area contributed by atoms with Gasteiger partial charge in [-0.15, -0.1) is 0 Å². The molecule has 244 valence electrons. The van der Waals surface area contributed by atoms with Crippen LogP contribution in [0.4, 0.5) is 0 Å². The molecular formula is C32H36ClN5O7S. The number of aromatic carboxylic acids is 1. The number of hydrogen-bond donors (Lipinski definition) is 6. The second kappa shape index (κ2) is 17.0. The maximum Gasteiger partial charge on any atom is 0.336 e. The third-order valence-corrected chi connectivity index (χ3v) is 7.95. The van der Waals surface area contributed by atoms with E-state index in [0.717, 1.165) is 36.8 Å². The zero-order valence-corrected chi connectivity index (χ0v) is 26.4. The van der Waals surface area contributed by atoms with Crippen molar-refractivity contribution in [1.82, 2.24) is 0 Å². The van der Waals surface area contributed by atoms with Crippen molar-refractivity contribution < 1.29 is 32.2 Å². The average Bonchev–Trinajstić information content (AvgIpc) is 3.53. The molecule has 0 saturated heterocycles. The van der Waals surface area contributed by atoms with Crippen LogP contribution in [0.1, 0.15) is 52.1 Å². The van der Waals surface area contributed by atoms with Crippen LogP contribution in [0.2, 0.25) is 5.02 Å². The van der Waals surface area contributed by atoms with Gasteiger partial charge in [-0.25, -0.2) is 18.4 Å². The number of nitrogen functional groups attached to an aromatic ring is 2. The molecule has 0 aliphatic heterocycles. The molecule has 1 aromatic heterocycles. The van der Waals surface area contributed by atoms with Gasteiger partial charge in [0.05, 0.1) is 30.1 Å². The molecule has 0 radical (unpaired) electrons. The summed E-state index contributed by atoms with van der Waals surface area (Å²) in [5.41, 5.74) is 12.5. The van der Waals surface area contributed by atoms with Crippen LogP contribution in [0.15, 0.2) is 88.4 Å². The van der Waals surface area contributed by atoms with E-state index >= 15 is 0 Å². The monoisotopic (exact) mass is 669 g/mol. The maximum atomic E-state index is 11.4. The van der Waals surface area contributed by atoms with Crippen LogP contribution in [0, 0.1) is 10.8 Å². The fourth-order valence-corrected chi connectivity index (χ4v) is 5.28. The SMILES string of the molecule is N=C(N)c1ccc(OCCCCCOc2ccc(C(=N)N)cc2)cc1.NS(=O)(=O)c1cc(C(=O)O)c(CCc2ccco2)cc1Cl. The highest BCUT2D eigenvalue weighted by molar-refractivity contribution is 7.89. The zero-order valence-electron chi connectivity index (χ0n) is 24.9. The van der Waals surface area contributed by atoms with Gasteiger partial charge < -0.3 is 30.5 Å². The molecule has 4 aromatic rings. The van der Waals surface area contributed by atoms with E-state index in [1.807, 2.05) is 24.3 Å². The molecule has 0 bridgehead atoms. The summed E-state index contributed by atoms with van der Waals surface area (Å²) in [5.74, 6) is 1.13. The largest absolute Gasteiger partial charge is 0.494 e. The predicted molar refractivity (Wildman–Crippen MR) is 176 cm³/mol. The number of aryl methyl sites for hydroxylation is 2. The van der Waals surface area contributed by atoms with E-state index in [1.54, 1.807) is 36.4 Å². The minimum Gasteiger partial charge on any atom is -0.494 e. The molecule has 4 rings (SSSR count). The summed E-state index contributed by atoms with van der Waals surface area (Å²) in [6, 6.07) is 20.2. The number of carbonyl (C=O) groups is 1. The second-order valence-electron chi connectivity index (χ2n) is 10.0. The number of furan rings is 1. The Hall–Kier alpha value is -4.85. The summed E-state index contributed by atoms with van der Waals surface area (Å²) < 4.78 is 39.2. The predicted octanol–water partition coefficient (Wildman–Crippen LogP) is 4.95. The van der Waals surface area contributed by atoms with Crippen molar-refractivity contribution in [1.29, 1.82) is 10.8 Å². The molecule has 12 nitrogen and oxygen atoms in total. The molecule has 0 fully saturated rings. The zero-order chi connectivity index (χ0) is 33.7. The van der Waals surface area contributed by atoms with Crippen molar-refractivity contribution >= 4 is 39.3 Å². The molecule has 46 heavy (non-hydrogen) atoms. The Morgan fingerprint density at radius 2 is 1.35 bits per heavy atom. The van der Waals surface area contributed by atoms with Crippen LogP contribution >= 0.6 is 11.6 Å². The van der Waals surface area contributed by atoms with Crippen molar-refractivity contribution in [3.8, 4) is 11.5 Å². The van der Waals surface area contributed by atoms with Crippen LogP contribution in [0.5, 0.6) is 11.5 Å². The smallest absolute Gasteiger partial charge is 0.336 e. The number of nitrogens with one attached hydrogen (secondary N) is 2. The lowest BCUT2D eigenvalue weighted by Crippen LogP contribution is -2.15. The van der Waals surface area contributed by atoms with Gasteiger partial charge >= 0.3 is 5.97 Å². The highest BCUT2D eigenvalue weighted by atomic mass is 35.5. The van der Waals surface area contributed by atoms with E-state index in [2.05, 4.69) is 0 Å². The number of primary sulfonamides is 1. The van der Waals surface area contributed by atoms with E-state index in [1.165, 1.54) is 12.3 Å². The number of carboxylic acid groups (broad SMARTS) is 1. The van der Waals surface area contributed by atoms with Gasteiger partial charge in [0.1, 0.15) is 33.8 Å². The number of benzene rings is 3. The number of hydrogen-bond acceptors (Lipinski definition) is 8. The molecular weight excluding hydrogens is 634 g/mol. The molecule has 3 aromatic carbocycles. The lowest BCUT2D eigenvalue weighted by molar-refractivity contribution is 0.0695. The molecule has 14 heteroatoms. The van der Waals surface area contributed by atoms with Crippen LogP contribution in [-0.2, 0) is 22.9 Å². The fourth-order valence-electron chi connectivity index (χ4n) is 4.15. The molecule has 0 atom stereocenters. The Bertz CT molecular complexity index is 1670. The van der Waals surface area contributed by atoms with Crippen LogP contribution < -0.4 is 26.1 Å². The van der Waals surface area contributed by atoms with Gasteiger partial charge in [-0.1, -0.05) is 11.6 Å². The summed E-state index contributed by atoms with van der Waals surface area (Å²) in [5, 5.41) is 28.8. The molecule has 0 unspecified atom stereocenters. The summed E-state index contributed by atoms with van der Waals surface area (Å²) in [6.07, 6.45) is 5.24. The van der Waals surface area contributed by atoms with Crippen LogP contribution in [-0.4, -0.2) is 44.4 Å². The molecule has 0 spiro atoms. The van der Waals surface area contributed by atoms with Gasteiger partial charge in [0.25, 0.3) is 0 Å². The van der Waals surface area contributed by atoms with Gasteiger partial charge in [-0.05, 0) is 104 Å². The number of ether oxygens (including phenoxy) is 2. The highest BCUT2D eigenvalue weighted by Crippen LogP contribution is 2.26. The van der Waals surface area contributed by atoms with Gasteiger partial charge in [-0.3, -0.25) is 10.8 Å². The lowest BCUT2D eigenvalue weighted by Gasteiger charge is -2.09. The van der Waals surface area contributed by atoms with E-state index in [9.17, 15) is 18.3 Å². The fraction of sp³-hybridized carbons (Fsp3) is 0.219. The first-order valence-electron chi connectivity index (χ1n) is 14.1. The summed E-state index contributed by atoms with van der Waals surface area (Å²) >= 11 is 5.88. The summed E-state index contributed by atoms with van der Waals surface area (Å²) in [7, 11) is -4.08. The van der Waals surface area contributed by atoms with E-state index in [4.69, 9.17) is 52.9 Å². The second-order valence-corrected chi connectivity index (χ2v) is 11.9. The number of carboxylic acids is 1. The number of halogens is 1. The van der Waals surface area contributed by atoms with Crippen molar-refractivity contribution in [2.45, 2.75) is 37.0 Å². The Labute approximate surface area is 272 Å². The normalized spacial score (nSPS) is 10.8. The Morgan fingerprint density at radius 1 is 0.826 bits per heavy atom. The minimum atomic E-state index is -4.08. The molecule has 0 aliphatic rings. The third kappa shape index (κ3) is 11.3. The number of nitrogens with two attached hydrogens (primary N) is 3. The van der Waals surface area contributed by atoms with E-state index in [0.29, 0.717) is 48.5 Å². The highest BCUT2D eigenvalue weighted by Gasteiger charge is 2.20. The van der Waals surface area contributed by atoms with Crippen molar-refractivity contribution in [2.75, 3.05) is 13.2 Å². The van der Waals surface area contributed by atoms with Gasteiger partial charge in [0, 0.05) is 17.5 Å². The quantitative estimate of drug-likeness (QED) is 0.0570. The van der Waals surface area contributed by atoms with Gasteiger partial charge in [0.15, 0.2) is 0 Å². The molecule has 1 heterocycles. The molecule has 0 amide bonds. The number of rotatable bonds is 15. The summed E-state index contributed by atoms with van der Waals surface area (Å²) in [4.78, 5) is 10.9. The topological polar surface area (TPSA) is 229 Å². The molecule has 0 saturated carbocycles. The van der Waals surface area contributed by atoms with Crippen molar-refractivity contribution in [3.05, 3.63) is 112 Å². The minimum absolute atomic E-state index is 0.0579.